The summed E-state index contributed by atoms with van der Waals surface area (Å²) in [6.07, 6.45) is 6.16. The lowest BCUT2D eigenvalue weighted by Gasteiger charge is -2.16. The van der Waals surface area contributed by atoms with Gasteiger partial charge in [-0.05, 0) is 30.0 Å². The molecule has 1 saturated heterocycles. The summed E-state index contributed by atoms with van der Waals surface area (Å²) < 4.78 is 0. The minimum Gasteiger partial charge on any atom is -0.377 e. The van der Waals surface area contributed by atoms with Crippen molar-refractivity contribution < 1.29 is 4.79 Å². The normalized spacial score (nSPS) is 14.9. The van der Waals surface area contributed by atoms with Gasteiger partial charge in [0.2, 0.25) is 0 Å². The molecule has 0 radical (unpaired) electrons. The molecule has 1 heterocycles. The molecule has 0 spiro atoms. The molecule has 1 aliphatic rings. The molecule has 0 aliphatic carbocycles. The molecule has 3 rings (SSSR count). The predicted octanol–water partition coefficient (Wildman–Crippen LogP) is 4.00. The van der Waals surface area contributed by atoms with E-state index in [1.165, 1.54) is 12.8 Å². The summed E-state index contributed by atoms with van der Waals surface area (Å²) in [5.41, 5.74) is 2.09. The van der Waals surface area contributed by atoms with Crippen LogP contribution in [-0.2, 0) is 4.79 Å². The fourth-order valence-electron chi connectivity index (χ4n) is 2.98. The molecule has 22 heavy (non-hydrogen) atoms. The first-order valence-electron chi connectivity index (χ1n) is 7.90. The average molecular weight is 291 g/mol. The van der Waals surface area contributed by atoms with Gasteiger partial charge in [0.05, 0.1) is 5.92 Å². The summed E-state index contributed by atoms with van der Waals surface area (Å²) in [6, 6.07) is 20.0. The molecule has 0 aromatic heterocycles. The van der Waals surface area contributed by atoms with Crippen LogP contribution in [0.1, 0.15) is 29.9 Å². The second-order valence-electron chi connectivity index (χ2n) is 5.72. The topological polar surface area (TPSA) is 20.3 Å². The Morgan fingerprint density at radius 2 is 1.36 bits per heavy atom. The van der Waals surface area contributed by atoms with Crippen LogP contribution in [0.5, 0.6) is 0 Å². The van der Waals surface area contributed by atoms with Crippen LogP contribution < -0.4 is 0 Å². The molecule has 2 nitrogen and oxygen atoms in total. The Kier molecular flexibility index (Phi) is 4.69. The molecule has 112 valence electrons. The van der Waals surface area contributed by atoms with Gasteiger partial charge in [-0.1, -0.05) is 60.7 Å². The molecule has 0 atom stereocenters. The lowest BCUT2D eigenvalue weighted by Crippen LogP contribution is -2.15. The van der Waals surface area contributed by atoms with E-state index < -0.39 is 0 Å². The maximum absolute atomic E-state index is 12.8. The number of hydrogen-bond donors (Lipinski definition) is 0. The first-order valence-corrected chi connectivity index (χ1v) is 7.90. The largest absolute Gasteiger partial charge is 0.377 e. The van der Waals surface area contributed by atoms with E-state index in [9.17, 15) is 4.79 Å². The lowest BCUT2D eigenvalue weighted by atomic mass is 9.87. The summed E-state index contributed by atoms with van der Waals surface area (Å²) >= 11 is 0. The highest BCUT2D eigenvalue weighted by atomic mass is 16.1. The van der Waals surface area contributed by atoms with Gasteiger partial charge in [0.15, 0.2) is 5.78 Å². The molecule has 0 bridgehead atoms. The van der Waals surface area contributed by atoms with Crippen molar-refractivity contribution in [3.05, 3.63) is 84.1 Å². The van der Waals surface area contributed by atoms with Crippen LogP contribution in [0.2, 0.25) is 0 Å². The second-order valence-corrected chi connectivity index (χ2v) is 5.72. The van der Waals surface area contributed by atoms with Crippen molar-refractivity contribution in [1.29, 1.82) is 0 Å². The van der Waals surface area contributed by atoms with Gasteiger partial charge < -0.3 is 4.90 Å². The molecule has 0 N–H and O–H groups in total. The molecule has 2 heteroatoms. The number of benzene rings is 2. The van der Waals surface area contributed by atoms with Gasteiger partial charge in [0.25, 0.3) is 0 Å². The van der Waals surface area contributed by atoms with Gasteiger partial charge in [-0.2, -0.15) is 0 Å². The quantitative estimate of drug-likeness (QED) is 0.776. The zero-order chi connectivity index (χ0) is 15.2. The third-order valence-corrected chi connectivity index (χ3v) is 4.14. The minimum absolute atomic E-state index is 0.143. The van der Waals surface area contributed by atoms with Crippen LogP contribution in [0.3, 0.4) is 0 Å². The molecule has 2 aromatic carbocycles. The summed E-state index contributed by atoms with van der Waals surface area (Å²) in [5.74, 6) is -0.0782. The van der Waals surface area contributed by atoms with E-state index in [0.717, 1.165) is 24.2 Å². The summed E-state index contributed by atoms with van der Waals surface area (Å²) in [5, 5.41) is 0. The molecule has 1 fully saturated rings. The van der Waals surface area contributed by atoms with Gasteiger partial charge in [-0.25, -0.2) is 0 Å². The predicted molar refractivity (Wildman–Crippen MR) is 89.7 cm³/mol. The average Bonchev–Trinajstić information content (AvgIpc) is 3.09. The van der Waals surface area contributed by atoms with Crippen molar-refractivity contribution in [2.75, 3.05) is 13.1 Å². The van der Waals surface area contributed by atoms with Crippen LogP contribution in [0, 0.1) is 0 Å². The molecule has 0 saturated carbocycles. The van der Waals surface area contributed by atoms with Crippen molar-refractivity contribution in [3.63, 3.8) is 0 Å². The van der Waals surface area contributed by atoms with Crippen molar-refractivity contribution in [1.82, 2.24) is 4.90 Å². The zero-order valence-corrected chi connectivity index (χ0v) is 12.7. The first-order chi connectivity index (χ1) is 10.8. The molecule has 2 aromatic rings. The standard InChI is InChI=1S/C20H21NO/c22-19(13-16-21-14-7-8-15-21)20(17-9-3-1-4-10-17)18-11-5-2-6-12-18/h1-6,9-13,16,20H,7-8,14-15H2. The van der Waals surface area contributed by atoms with Crippen LogP contribution >= 0.6 is 0 Å². The number of carbonyl (C=O) groups is 1. The van der Waals surface area contributed by atoms with Crippen LogP contribution in [-0.4, -0.2) is 23.8 Å². The first kappa shape index (κ1) is 14.6. The van der Waals surface area contributed by atoms with E-state index in [1.54, 1.807) is 6.08 Å². The maximum Gasteiger partial charge on any atom is 0.168 e. The van der Waals surface area contributed by atoms with Gasteiger partial charge in [0.1, 0.15) is 0 Å². The van der Waals surface area contributed by atoms with E-state index in [2.05, 4.69) is 4.90 Å². The van der Waals surface area contributed by atoms with Crippen LogP contribution in [0.15, 0.2) is 72.9 Å². The van der Waals surface area contributed by atoms with E-state index in [0.29, 0.717) is 0 Å². The van der Waals surface area contributed by atoms with Crippen molar-refractivity contribution >= 4 is 5.78 Å². The number of nitrogens with zero attached hydrogens (tertiary/aromatic N) is 1. The summed E-state index contributed by atoms with van der Waals surface area (Å²) in [7, 11) is 0. The monoisotopic (exact) mass is 291 g/mol. The highest BCUT2D eigenvalue weighted by Crippen LogP contribution is 2.26. The smallest absolute Gasteiger partial charge is 0.168 e. The van der Waals surface area contributed by atoms with Gasteiger partial charge in [-0.3, -0.25) is 4.79 Å². The van der Waals surface area contributed by atoms with Crippen molar-refractivity contribution in [2.45, 2.75) is 18.8 Å². The highest BCUT2D eigenvalue weighted by molar-refractivity contribution is 5.97. The zero-order valence-electron chi connectivity index (χ0n) is 12.7. The van der Waals surface area contributed by atoms with Gasteiger partial charge in [-0.15, -0.1) is 0 Å². The Bertz CT molecular complexity index is 588. The Morgan fingerprint density at radius 3 is 1.86 bits per heavy atom. The Labute approximate surface area is 132 Å². The van der Waals surface area contributed by atoms with Crippen molar-refractivity contribution in [2.24, 2.45) is 0 Å². The Hall–Kier alpha value is -2.35. The fraction of sp³-hybridized carbons (Fsp3) is 0.250. The second kappa shape index (κ2) is 7.08. The van der Waals surface area contributed by atoms with Gasteiger partial charge in [0, 0.05) is 19.3 Å². The Morgan fingerprint density at radius 1 is 0.864 bits per heavy atom. The molecule has 1 aliphatic heterocycles. The Balaban J connectivity index is 1.86. The number of rotatable bonds is 5. The molecular weight excluding hydrogens is 270 g/mol. The lowest BCUT2D eigenvalue weighted by molar-refractivity contribution is -0.115. The van der Waals surface area contributed by atoms with E-state index in [4.69, 9.17) is 0 Å². The number of carbonyl (C=O) groups excluding carboxylic acids is 1. The third kappa shape index (κ3) is 3.45. The van der Waals surface area contributed by atoms with E-state index in [1.807, 2.05) is 66.9 Å². The number of likely N-dealkylation sites (tertiary alicyclic amines) is 1. The number of hydrogen-bond acceptors (Lipinski definition) is 2. The van der Waals surface area contributed by atoms with Crippen LogP contribution in [0.4, 0.5) is 0 Å². The summed E-state index contributed by atoms with van der Waals surface area (Å²) in [6.45, 7) is 2.12. The number of allylic oxidation sites excluding steroid dienone is 1. The molecule has 0 amide bonds. The van der Waals surface area contributed by atoms with E-state index >= 15 is 0 Å². The number of ketones is 1. The fourth-order valence-corrected chi connectivity index (χ4v) is 2.98. The van der Waals surface area contributed by atoms with E-state index in [-0.39, 0.29) is 11.7 Å². The van der Waals surface area contributed by atoms with Gasteiger partial charge >= 0.3 is 0 Å². The highest BCUT2D eigenvalue weighted by Gasteiger charge is 2.20. The maximum atomic E-state index is 12.8. The van der Waals surface area contributed by atoms with Crippen molar-refractivity contribution in [3.8, 4) is 0 Å². The minimum atomic E-state index is -0.221. The SMILES string of the molecule is O=C(C=CN1CCCC1)C(c1ccccc1)c1ccccc1. The summed E-state index contributed by atoms with van der Waals surface area (Å²) in [4.78, 5) is 15.0. The third-order valence-electron chi connectivity index (χ3n) is 4.14. The molecule has 0 unspecified atom stereocenters. The molecular formula is C20H21NO. The van der Waals surface area contributed by atoms with Crippen LogP contribution in [0.25, 0.3) is 0 Å².